The second-order valence-corrected chi connectivity index (χ2v) is 3.36. The molecule has 5 nitrogen and oxygen atoms in total. The van der Waals surface area contributed by atoms with E-state index in [9.17, 15) is 10.0 Å². The number of hydrazine groups is 1. The second kappa shape index (κ2) is 5.21. The van der Waals surface area contributed by atoms with Gasteiger partial charge in [0, 0.05) is 0 Å². The molecular weight excluding hydrogens is 194 g/mol. The third-order valence-electron chi connectivity index (χ3n) is 1.78. The molecule has 0 aliphatic rings. The number of carbonyl (C=O) groups is 1. The monoisotopic (exact) mass is 209 g/mol. The lowest BCUT2D eigenvalue weighted by atomic mass is 10.3. The highest BCUT2D eigenvalue weighted by Crippen LogP contribution is 2.03. The molecule has 1 aromatic carbocycles. The lowest BCUT2D eigenvalue weighted by Crippen LogP contribution is -2.43. The van der Waals surface area contributed by atoms with Gasteiger partial charge in [0.15, 0.2) is 0 Å². The standard InChI is InChI=1S/C10H15N3O2/c1-8(2)13(15)10(14)12-11-9-6-4-3-5-7-9/h3-8,11,15H,1-2H3,(H,12,14). The summed E-state index contributed by atoms with van der Waals surface area (Å²) in [5.74, 6) is 0. The first-order valence-corrected chi connectivity index (χ1v) is 4.70. The van der Waals surface area contributed by atoms with Gasteiger partial charge < -0.3 is 0 Å². The maximum Gasteiger partial charge on any atom is 0.359 e. The highest BCUT2D eigenvalue weighted by molar-refractivity contribution is 5.74. The van der Waals surface area contributed by atoms with Crippen LogP contribution in [0.5, 0.6) is 0 Å². The molecule has 82 valence electrons. The Kier molecular flexibility index (Phi) is 3.93. The number of hydroxylamine groups is 2. The zero-order chi connectivity index (χ0) is 11.3. The predicted octanol–water partition coefficient (Wildman–Crippen LogP) is 1.82. The Bertz CT molecular complexity index is 314. The summed E-state index contributed by atoms with van der Waals surface area (Å²) in [5.41, 5.74) is 5.80. The number of amides is 2. The van der Waals surface area contributed by atoms with Crippen LogP contribution >= 0.6 is 0 Å². The summed E-state index contributed by atoms with van der Waals surface area (Å²) < 4.78 is 0. The summed E-state index contributed by atoms with van der Waals surface area (Å²) >= 11 is 0. The minimum absolute atomic E-state index is 0.262. The molecule has 0 aromatic heterocycles. The summed E-state index contributed by atoms with van der Waals surface area (Å²) in [6.07, 6.45) is 0. The molecular formula is C10H15N3O2. The molecule has 0 saturated carbocycles. The van der Waals surface area contributed by atoms with E-state index in [1.165, 1.54) is 0 Å². The van der Waals surface area contributed by atoms with Gasteiger partial charge in [0.2, 0.25) is 0 Å². The normalized spacial score (nSPS) is 9.87. The smallest absolute Gasteiger partial charge is 0.297 e. The van der Waals surface area contributed by atoms with E-state index in [1.807, 2.05) is 18.2 Å². The van der Waals surface area contributed by atoms with Crippen molar-refractivity contribution in [2.45, 2.75) is 19.9 Å². The van der Waals surface area contributed by atoms with Gasteiger partial charge in [-0.1, -0.05) is 18.2 Å². The van der Waals surface area contributed by atoms with Gasteiger partial charge in [0.1, 0.15) is 0 Å². The van der Waals surface area contributed by atoms with Crippen LogP contribution in [-0.2, 0) is 0 Å². The average Bonchev–Trinajstić information content (AvgIpc) is 2.26. The number of carbonyl (C=O) groups excluding carboxylic acids is 1. The van der Waals surface area contributed by atoms with Gasteiger partial charge in [-0.2, -0.15) is 0 Å². The predicted molar refractivity (Wildman–Crippen MR) is 57.4 cm³/mol. The Morgan fingerprint density at radius 3 is 2.47 bits per heavy atom. The van der Waals surface area contributed by atoms with Crippen LogP contribution in [-0.4, -0.2) is 22.3 Å². The quantitative estimate of drug-likeness (QED) is 0.525. The summed E-state index contributed by atoms with van der Waals surface area (Å²) in [6.45, 7) is 3.42. The highest BCUT2D eigenvalue weighted by Gasteiger charge is 2.12. The van der Waals surface area contributed by atoms with Gasteiger partial charge in [0.05, 0.1) is 11.7 Å². The Labute approximate surface area is 88.6 Å². The second-order valence-electron chi connectivity index (χ2n) is 3.36. The molecule has 3 N–H and O–H groups in total. The SMILES string of the molecule is CC(C)N(O)C(=O)NNc1ccccc1. The maximum atomic E-state index is 11.3. The van der Waals surface area contributed by atoms with E-state index in [-0.39, 0.29) is 6.04 Å². The lowest BCUT2D eigenvalue weighted by molar-refractivity contribution is -0.0671. The fourth-order valence-corrected chi connectivity index (χ4v) is 0.939. The highest BCUT2D eigenvalue weighted by atomic mass is 16.5. The largest absolute Gasteiger partial charge is 0.359 e. The van der Waals surface area contributed by atoms with E-state index in [0.717, 1.165) is 5.69 Å². The number of rotatable bonds is 3. The summed E-state index contributed by atoms with van der Waals surface area (Å²) in [7, 11) is 0. The number of urea groups is 1. The van der Waals surface area contributed by atoms with Gasteiger partial charge in [0.25, 0.3) is 0 Å². The van der Waals surface area contributed by atoms with Crippen LogP contribution in [0.1, 0.15) is 13.8 Å². The number of para-hydroxylation sites is 1. The number of benzene rings is 1. The van der Waals surface area contributed by atoms with Gasteiger partial charge >= 0.3 is 6.03 Å². The van der Waals surface area contributed by atoms with Gasteiger partial charge in [-0.15, -0.1) is 0 Å². The van der Waals surface area contributed by atoms with E-state index in [4.69, 9.17) is 0 Å². The topological polar surface area (TPSA) is 64.6 Å². The first kappa shape index (κ1) is 11.3. The van der Waals surface area contributed by atoms with Crippen molar-refractivity contribution < 1.29 is 10.0 Å². The van der Waals surface area contributed by atoms with Crippen LogP contribution in [0.3, 0.4) is 0 Å². The molecule has 15 heavy (non-hydrogen) atoms. The maximum absolute atomic E-state index is 11.3. The van der Waals surface area contributed by atoms with Crippen LogP contribution < -0.4 is 10.9 Å². The molecule has 0 aliphatic carbocycles. The molecule has 0 bridgehead atoms. The summed E-state index contributed by atoms with van der Waals surface area (Å²) in [5, 5.41) is 9.88. The molecule has 0 saturated heterocycles. The fourth-order valence-electron chi connectivity index (χ4n) is 0.939. The van der Waals surface area contributed by atoms with Crippen LogP contribution in [0.4, 0.5) is 10.5 Å². The molecule has 0 unspecified atom stereocenters. The third kappa shape index (κ3) is 3.47. The Morgan fingerprint density at radius 1 is 1.33 bits per heavy atom. The molecule has 5 heteroatoms. The number of nitrogens with zero attached hydrogens (tertiary/aromatic N) is 1. The lowest BCUT2D eigenvalue weighted by Gasteiger charge is -2.19. The zero-order valence-corrected chi connectivity index (χ0v) is 8.77. The van der Waals surface area contributed by atoms with Crippen molar-refractivity contribution in [3.63, 3.8) is 0 Å². The molecule has 0 radical (unpaired) electrons. The molecule has 1 rings (SSSR count). The third-order valence-corrected chi connectivity index (χ3v) is 1.78. The van der Waals surface area contributed by atoms with E-state index in [1.54, 1.807) is 26.0 Å². The van der Waals surface area contributed by atoms with E-state index < -0.39 is 6.03 Å². The zero-order valence-electron chi connectivity index (χ0n) is 8.77. The summed E-state index contributed by atoms with van der Waals surface area (Å²) in [4.78, 5) is 11.3. The van der Waals surface area contributed by atoms with Gasteiger partial charge in [-0.3, -0.25) is 10.6 Å². The minimum atomic E-state index is -0.589. The van der Waals surface area contributed by atoms with Crippen LogP contribution in [0.15, 0.2) is 30.3 Å². The first-order valence-electron chi connectivity index (χ1n) is 4.70. The number of hydrogen-bond acceptors (Lipinski definition) is 3. The van der Waals surface area contributed by atoms with Crippen LogP contribution in [0.25, 0.3) is 0 Å². The van der Waals surface area contributed by atoms with Crippen molar-refractivity contribution in [3.8, 4) is 0 Å². The Balaban J connectivity index is 2.41. The molecule has 0 atom stereocenters. The first-order chi connectivity index (χ1) is 7.11. The van der Waals surface area contributed by atoms with Crippen molar-refractivity contribution in [3.05, 3.63) is 30.3 Å². The van der Waals surface area contributed by atoms with Crippen molar-refractivity contribution in [1.82, 2.24) is 10.5 Å². The molecule has 0 spiro atoms. The summed E-state index contributed by atoms with van der Waals surface area (Å²) in [6, 6.07) is 8.31. The van der Waals surface area contributed by atoms with E-state index in [2.05, 4.69) is 10.9 Å². The van der Waals surface area contributed by atoms with Crippen molar-refractivity contribution in [2.75, 3.05) is 5.43 Å². The Hall–Kier alpha value is -1.75. The van der Waals surface area contributed by atoms with E-state index in [0.29, 0.717) is 5.06 Å². The number of nitrogens with one attached hydrogen (secondary N) is 2. The van der Waals surface area contributed by atoms with Crippen LogP contribution in [0.2, 0.25) is 0 Å². The molecule has 0 fully saturated rings. The number of hydrogen-bond donors (Lipinski definition) is 3. The van der Waals surface area contributed by atoms with Gasteiger partial charge in [-0.05, 0) is 26.0 Å². The molecule has 1 aromatic rings. The molecule has 2 amide bonds. The Morgan fingerprint density at radius 2 is 1.93 bits per heavy atom. The average molecular weight is 209 g/mol. The fraction of sp³-hybridized carbons (Fsp3) is 0.300. The van der Waals surface area contributed by atoms with E-state index >= 15 is 0 Å². The van der Waals surface area contributed by atoms with Crippen molar-refractivity contribution in [2.24, 2.45) is 0 Å². The molecule has 0 aliphatic heterocycles. The minimum Gasteiger partial charge on any atom is -0.297 e. The van der Waals surface area contributed by atoms with Gasteiger partial charge in [-0.25, -0.2) is 15.3 Å². The van der Waals surface area contributed by atoms with Crippen molar-refractivity contribution in [1.29, 1.82) is 0 Å². The van der Waals surface area contributed by atoms with Crippen LogP contribution in [0, 0.1) is 0 Å². The number of anilines is 1. The van der Waals surface area contributed by atoms with Crippen molar-refractivity contribution >= 4 is 11.7 Å². The molecule has 0 heterocycles.